The molecule has 150 valence electrons. The number of esters is 1. The molecule has 0 aliphatic rings. The highest BCUT2D eigenvalue weighted by molar-refractivity contribution is 7.92. The van der Waals surface area contributed by atoms with Gasteiger partial charge in [-0.3, -0.25) is 4.72 Å². The lowest BCUT2D eigenvalue weighted by Gasteiger charge is -2.09. The van der Waals surface area contributed by atoms with Gasteiger partial charge in [-0.05, 0) is 60.7 Å². The molecule has 8 heteroatoms. The van der Waals surface area contributed by atoms with Gasteiger partial charge >= 0.3 is 5.97 Å². The topological polar surface area (TPSA) is 81.7 Å². The summed E-state index contributed by atoms with van der Waals surface area (Å²) >= 11 is 0. The van der Waals surface area contributed by atoms with Gasteiger partial charge in [-0.2, -0.15) is 0 Å². The number of rotatable bonds is 8. The zero-order chi connectivity index (χ0) is 20.7. The first-order valence-electron chi connectivity index (χ1n) is 8.67. The Kier molecular flexibility index (Phi) is 6.46. The number of sulfonamides is 1. The van der Waals surface area contributed by atoms with Gasteiger partial charge in [0.15, 0.2) is 0 Å². The van der Waals surface area contributed by atoms with E-state index in [9.17, 15) is 17.6 Å². The highest BCUT2D eigenvalue weighted by atomic mass is 32.2. The molecule has 0 aliphatic carbocycles. The van der Waals surface area contributed by atoms with Crippen molar-refractivity contribution in [2.24, 2.45) is 0 Å². The Morgan fingerprint density at radius 1 is 0.862 bits per heavy atom. The van der Waals surface area contributed by atoms with E-state index in [-0.39, 0.29) is 29.4 Å². The highest BCUT2D eigenvalue weighted by Gasteiger charge is 2.15. The second-order valence-electron chi connectivity index (χ2n) is 5.93. The van der Waals surface area contributed by atoms with Gasteiger partial charge in [0.1, 0.15) is 24.8 Å². The SMILES string of the molecule is O=C(OCCOc1ccccc1)c1ccc(NS(=O)(=O)c2ccc(F)cc2)cc1. The van der Waals surface area contributed by atoms with Crippen LogP contribution in [0, 0.1) is 5.82 Å². The van der Waals surface area contributed by atoms with E-state index in [0.717, 1.165) is 12.1 Å². The standard InChI is InChI=1S/C21H18FNO5S/c22-17-8-12-20(13-9-17)29(25,26)23-18-10-6-16(7-11-18)21(24)28-15-14-27-19-4-2-1-3-5-19/h1-13,23H,14-15H2. The molecule has 3 aromatic rings. The normalized spacial score (nSPS) is 10.9. The Morgan fingerprint density at radius 3 is 2.17 bits per heavy atom. The third-order valence-electron chi connectivity index (χ3n) is 3.83. The third-order valence-corrected chi connectivity index (χ3v) is 5.22. The number of nitrogens with one attached hydrogen (secondary N) is 1. The van der Waals surface area contributed by atoms with Gasteiger partial charge < -0.3 is 9.47 Å². The number of carbonyl (C=O) groups is 1. The maximum Gasteiger partial charge on any atom is 0.338 e. The van der Waals surface area contributed by atoms with Crippen molar-refractivity contribution in [2.45, 2.75) is 4.90 Å². The van der Waals surface area contributed by atoms with E-state index in [1.807, 2.05) is 18.2 Å². The predicted molar refractivity (Wildman–Crippen MR) is 106 cm³/mol. The Bertz CT molecular complexity index is 1050. The van der Waals surface area contributed by atoms with Crippen LogP contribution in [0.15, 0.2) is 83.8 Å². The van der Waals surface area contributed by atoms with E-state index >= 15 is 0 Å². The van der Waals surface area contributed by atoms with Crippen molar-refractivity contribution in [1.82, 2.24) is 0 Å². The molecule has 0 spiro atoms. The maximum absolute atomic E-state index is 13.0. The summed E-state index contributed by atoms with van der Waals surface area (Å²) in [5, 5.41) is 0. The van der Waals surface area contributed by atoms with Crippen LogP contribution in [0.1, 0.15) is 10.4 Å². The molecule has 0 fully saturated rings. The number of carbonyl (C=O) groups excluding carboxylic acids is 1. The maximum atomic E-state index is 13.0. The van der Waals surface area contributed by atoms with Gasteiger partial charge in [-0.1, -0.05) is 18.2 Å². The number of halogens is 1. The summed E-state index contributed by atoms with van der Waals surface area (Å²) in [7, 11) is -3.86. The second kappa shape index (κ2) is 9.20. The Morgan fingerprint density at radius 2 is 1.52 bits per heavy atom. The molecule has 29 heavy (non-hydrogen) atoms. The number of hydrogen-bond donors (Lipinski definition) is 1. The molecule has 6 nitrogen and oxygen atoms in total. The van der Waals surface area contributed by atoms with Crippen LogP contribution in [-0.4, -0.2) is 27.6 Å². The van der Waals surface area contributed by atoms with Gasteiger partial charge in [-0.25, -0.2) is 17.6 Å². The van der Waals surface area contributed by atoms with Crippen molar-refractivity contribution in [3.63, 3.8) is 0 Å². The number of ether oxygens (including phenoxy) is 2. The average molecular weight is 415 g/mol. The van der Waals surface area contributed by atoms with Crippen molar-refractivity contribution in [2.75, 3.05) is 17.9 Å². The van der Waals surface area contributed by atoms with Crippen molar-refractivity contribution >= 4 is 21.7 Å². The minimum Gasteiger partial charge on any atom is -0.490 e. The van der Waals surface area contributed by atoms with Crippen LogP contribution in [0.5, 0.6) is 5.75 Å². The summed E-state index contributed by atoms with van der Waals surface area (Å²) in [5.41, 5.74) is 0.535. The van der Waals surface area contributed by atoms with Crippen LogP contribution in [0.3, 0.4) is 0 Å². The van der Waals surface area contributed by atoms with E-state index in [1.165, 1.54) is 36.4 Å². The Balaban J connectivity index is 1.52. The second-order valence-corrected chi connectivity index (χ2v) is 7.62. The minimum atomic E-state index is -3.86. The Hall–Kier alpha value is -3.39. The fourth-order valence-corrected chi connectivity index (χ4v) is 3.45. The molecular weight excluding hydrogens is 397 g/mol. The summed E-state index contributed by atoms with van der Waals surface area (Å²) in [6, 6.07) is 19.4. The van der Waals surface area contributed by atoms with Crippen molar-refractivity contribution in [1.29, 1.82) is 0 Å². The number of benzene rings is 3. The van der Waals surface area contributed by atoms with Crippen LogP contribution < -0.4 is 9.46 Å². The van der Waals surface area contributed by atoms with E-state index in [2.05, 4.69) is 4.72 Å². The molecule has 3 aromatic carbocycles. The van der Waals surface area contributed by atoms with Crippen molar-refractivity contribution in [3.05, 3.63) is 90.2 Å². The molecule has 0 heterocycles. The number of para-hydroxylation sites is 1. The van der Waals surface area contributed by atoms with E-state index in [1.54, 1.807) is 12.1 Å². The molecule has 0 unspecified atom stereocenters. The van der Waals surface area contributed by atoms with Crippen LogP contribution in [0.25, 0.3) is 0 Å². The molecule has 0 saturated carbocycles. The quantitative estimate of drug-likeness (QED) is 0.446. The molecular formula is C21H18FNO5S. The molecule has 3 rings (SSSR count). The Labute approximate surface area is 168 Å². The zero-order valence-electron chi connectivity index (χ0n) is 15.2. The fraction of sp³-hybridized carbons (Fsp3) is 0.0952. The summed E-state index contributed by atoms with van der Waals surface area (Å²) in [6.07, 6.45) is 0. The third kappa shape index (κ3) is 5.79. The molecule has 0 bridgehead atoms. The number of hydrogen-bond acceptors (Lipinski definition) is 5. The van der Waals surface area contributed by atoms with Gasteiger partial charge in [0.25, 0.3) is 10.0 Å². The fourth-order valence-electron chi connectivity index (χ4n) is 2.40. The van der Waals surface area contributed by atoms with Gasteiger partial charge in [0, 0.05) is 5.69 Å². The molecule has 1 N–H and O–H groups in total. The van der Waals surface area contributed by atoms with E-state index in [4.69, 9.17) is 9.47 Å². The minimum absolute atomic E-state index is 0.0687. The first-order chi connectivity index (χ1) is 13.9. The summed E-state index contributed by atoms with van der Waals surface area (Å²) in [6.45, 7) is 0.290. The van der Waals surface area contributed by atoms with E-state index < -0.39 is 21.8 Å². The summed E-state index contributed by atoms with van der Waals surface area (Å²) in [4.78, 5) is 12.0. The molecule has 0 amide bonds. The predicted octanol–water partition coefficient (Wildman–Crippen LogP) is 3.86. The lowest BCUT2D eigenvalue weighted by atomic mass is 10.2. The first-order valence-corrected chi connectivity index (χ1v) is 10.2. The van der Waals surface area contributed by atoms with Crippen LogP contribution in [-0.2, 0) is 14.8 Å². The van der Waals surface area contributed by atoms with Crippen LogP contribution in [0.4, 0.5) is 10.1 Å². The largest absolute Gasteiger partial charge is 0.490 e. The zero-order valence-corrected chi connectivity index (χ0v) is 16.1. The van der Waals surface area contributed by atoms with Crippen LogP contribution >= 0.6 is 0 Å². The molecule has 0 saturated heterocycles. The monoisotopic (exact) mass is 415 g/mol. The molecule has 0 aliphatic heterocycles. The number of anilines is 1. The van der Waals surface area contributed by atoms with Gasteiger partial charge in [0.2, 0.25) is 0 Å². The lowest BCUT2D eigenvalue weighted by molar-refractivity contribution is 0.0450. The molecule has 0 radical (unpaired) electrons. The smallest absolute Gasteiger partial charge is 0.338 e. The molecule has 0 atom stereocenters. The van der Waals surface area contributed by atoms with E-state index in [0.29, 0.717) is 5.75 Å². The van der Waals surface area contributed by atoms with Crippen molar-refractivity contribution < 1.29 is 27.1 Å². The van der Waals surface area contributed by atoms with Crippen LogP contribution in [0.2, 0.25) is 0 Å². The summed E-state index contributed by atoms with van der Waals surface area (Å²) in [5.74, 6) is -0.392. The van der Waals surface area contributed by atoms with Crippen molar-refractivity contribution in [3.8, 4) is 5.75 Å². The lowest BCUT2D eigenvalue weighted by Crippen LogP contribution is -2.14. The van der Waals surface area contributed by atoms with Gasteiger partial charge in [-0.15, -0.1) is 0 Å². The van der Waals surface area contributed by atoms with Gasteiger partial charge in [0.05, 0.1) is 10.5 Å². The average Bonchev–Trinajstić information content (AvgIpc) is 2.72. The highest BCUT2D eigenvalue weighted by Crippen LogP contribution is 2.17. The molecule has 0 aromatic heterocycles. The first kappa shape index (κ1) is 20.3. The summed E-state index contributed by atoms with van der Waals surface area (Å²) < 4.78 is 50.5.